The molecule has 3 aromatic rings. The molecule has 3 N–H and O–H groups in total. The summed E-state index contributed by atoms with van der Waals surface area (Å²) in [7, 11) is 0. The lowest BCUT2D eigenvalue weighted by Crippen LogP contribution is -2.19. The summed E-state index contributed by atoms with van der Waals surface area (Å²) in [5.74, 6) is 0.334. The van der Waals surface area contributed by atoms with Crippen LogP contribution in [0.3, 0.4) is 0 Å². The van der Waals surface area contributed by atoms with Crippen LogP contribution in [0.4, 0.5) is 5.69 Å². The lowest BCUT2D eigenvalue weighted by atomic mass is 10.1. The SMILES string of the molecule is Cc1ccccc1COc1ccccc1/C=N/NC(=O)c1ccccc1N. The number of para-hydroxylation sites is 2. The first-order valence-electron chi connectivity index (χ1n) is 8.59. The molecule has 0 fully saturated rings. The molecule has 0 aliphatic heterocycles. The second kappa shape index (κ2) is 8.67. The van der Waals surface area contributed by atoms with Gasteiger partial charge in [-0.1, -0.05) is 48.5 Å². The number of aryl methyl sites for hydroxylation is 1. The minimum Gasteiger partial charge on any atom is -0.488 e. The summed E-state index contributed by atoms with van der Waals surface area (Å²) in [5.41, 5.74) is 12.2. The highest BCUT2D eigenvalue weighted by molar-refractivity contribution is 5.99. The predicted octanol–water partition coefficient (Wildman–Crippen LogP) is 3.92. The van der Waals surface area contributed by atoms with Gasteiger partial charge in [-0.3, -0.25) is 4.79 Å². The predicted molar refractivity (Wildman–Crippen MR) is 108 cm³/mol. The van der Waals surface area contributed by atoms with E-state index in [9.17, 15) is 4.79 Å². The van der Waals surface area contributed by atoms with Gasteiger partial charge in [0.05, 0.1) is 11.8 Å². The molecule has 1 amide bonds. The van der Waals surface area contributed by atoms with Crippen molar-refractivity contribution in [2.24, 2.45) is 5.10 Å². The van der Waals surface area contributed by atoms with Gasteiger partial charge in [-0.15, -0.1) is 0 Å². The quantitative estimate of drug-likeness (QED) is 0.398. The maximum absolute atomic E-state index is 12.2. The van der Waals surface area contributed by atoms with E-state index in [2.05, 4.69) is 23.5 Å². The molecule has 0 unspecified atom stereocenters. The zero-order chi connectivity index (χ0) is 19.1. The Morgan fingerprint density at radius 1 is 1.04 bits per heavy atom. The van der Waals surface area contributed by atoms with Crippen LogP contribution in [-0.4, -0.2) is 12.1 Å². The van der Waals surface area contributed by atoms with E-state index < -0.39 is 0 Å². The van der Waals surface area contributed by atoms with Gasteiger partial charge in [-0.05, 0) is 42.3 Å². The minimum absolute atomic E-state index is 0.359. The van der Waals surface area contributed by atoms with Gasteiger partial charge in [0, 0.05) is 11.3 Å². The van der Waals surface area contributed by atoms with Gasteiger partial charge in [-0.2, -0.15) is 5.10 Å². The van der Waals surface area contributed by atoms with E-state index in [-0.39, 0.29) is 5.91 Å². The Hall–Kier alpha value is -3.60. The number of anilines is 1. The van der Waals surface area contributed by atoms with Crippen molar-refractivity contribution < 1.29 is 9.53 Å². The standard InChI is InChI=1S/C22H21N3O2/c1-16-8-2-3-10-18(16)15-27-21-13-7-4-9-17(21)14-24-25-22(26)19-11-5-6-12-20(19)23/h2-14H,15,23H2,1H3,(H,25,26)/b24-14+. The molecular formula is C22H21N3O2. The number of hydrazone groups is 1. The van der Waals surface area contributed by atoms with E-state index in [4.69, 9.17) is 10.5 Å². The molecule has 5 nitrogen and oxygen atoms in total. The van der Waals surface area contributed by atoms with Crippen molar-refractivity contribution in [3.05, 3.63) is 95.1 Å². The van der Waals surface area contributed by atoms with E-state index in [1.807, 2.05) is 42.5 Å². The molecule has 0 atom stereocenters. The van der Waals surface area contributed by atoms with E-state index in [0.29, 0.717) is 23.6 Å². The number of amides is 1. The number of nitrogens with one attached hydrogen (secondary N) is 1. The monoisotopic (exact) mass is 359 g/mol. The van der Waals surface area contributed by atoms with Gasteiger partial charge >= 0.3 is 0 Å². The number of hydrogen-bond donors (Lipinski definition) is 2. The molecule has 0 aromatic heterocycles. The minimum atomic E-state index is -0.359. The van der Waals surface area contributed by atoms with Crippen LogP contribution in [0.5, 0.6) is 5.75 Å². The summed E-state index contributed by atoms with van der Waals surface area (Å²) in [5, 5.41) is 4.03. The third-order valence-electron chi connectivity index (χ3n) is 4.14. The number of nitrogens with zero attached hydrogens (tertiary/aromatic N) is 1. The van der Waals surface area contributed by atoms with Crippen LogP contribution in [0.1, 0.15) is 27.0 Å². The maximum atomic E-state index is 12.2. The van der Waals surface area contributed by atoms with Gasteiger partial charge in [0.25, 0.3) is 5.91 Å². The number of carbonyl (C=O) groups excluding carboxylic acids is 1. The second-order valence-electron chi connectivity index (χ2n) is 6.04. The smallest absolute Gasteiger partial charge is 0.273 e. The fourth-order valence-corrected chi connectivity index (χ4v) is 2.57. The van der Waals surface area contributed by atoms with Crippen molar-refractivity contribution in [1.29, 1.82) is 0 Å². The molecule has 0 saturated carbocycles. The third-order valence-corrected chi connectivity index (χ3v) is 4.14. The molecule has 3 rings (SSSR count). The molecule has 0 heterocycles. The van der Waals surface area contributed by atoms with Crippen molar-refractivity contribution >= 4 is 17.8 Å². The van der Waals surface area contributed by atoms with Crippen molar-refractivity contribution in [1.82, 2.24) is 5.43 Å². The third kappa shape index (κ3) is 4.73. The second-order valence-corrected chi connectivity index (χ2v) is 6.04. The first-order valence-corrected chi connectivity index (χ1v) is 8.59. The van der Waals surface area contributed by atoms with Crippen LogP contribution >= 0.6 is 0 Å². The Labute approximate surface area is 158 Å². The van der Waals surface area contributed by atoms with Gasteiger partial charge in [-0.25, -0.2) is 5.43 Å². The highest BCUT2D eigenvalue weighted by Gasteiger charge is 2.07. The zero-order valence-corrected chi connectivity index (χ0v) is 15.1. The van der Waals surface area contributed by atoms with E-state index >= 15 is 0 Å². The number of nitrogen functional groups attached to an aromatic ring is 1. The number of benzene rings is 3. The topological polar surface area (TPSA) is 76.7 Å². The van der Waals surface area contributed by atoms with Crippen LogP contribution in [-0.2, 0) is 6.61 Å². The highest BCUT2D eigenvalue weighted by atomic mass is 16.5. The highest BCUT2D eigenvalue weighted by Crippen LogP contribution is 2.18. The average Bonchev–Trinajstić information content (AvgIpc) is 2.68. The molecule has 27 heavy (non-hydrogen) atoms. The first kappa shape index (κ1) is 18.2. The lowest BCUT2D eigenvalue weighted by molar-refractivity contribution is 0.0956. The lowest BCUT2D eigenvalue weighted by Gasteiger charge is -2.10. The molecule has 0 aliphatic rings. The summed E-state index contributed by atoms with van der Waals surface area (Å²) in [6, 6.07) is 22.5. The number of rotatable bonds is 6. The average molecular weight is 359 g/mol. The molecule has 0 spiro atoms. The zero-order valence-electron chi connectivity index (χ0n) is 15.1. The summed E-state index contributed by atoms with van der Waals surface area (Å²) < 4.78 is 5.94. The number of ether oxygens (including phenoxy) is 1. The van der Waals surface area contributed by atoms with Crippen molar-refractivity contribution in [3.63, 3.8) is 0 Å². The van der Waals surface area contributed by atoms with Gasteiger partial charge < -0.3 is 10.5 Å². The fraction of sp³-hybridized carbons (Fsp3) is 0.0909. The van der Waals surface area contributed by atoms with Gasteiger partial charge in [0.2, 0.25) is 0 Å². The van der Waals surface area contributed by atoms with Gasteiger partial charge in [0.1, 0.15) is 12.4 Å². The normalized spacial score (nSPS) is 10.7. The Bertz CT molecular complexity index is 967. The Balaban J connectivity index is 1.67. The fourth-order valence-electron chi connectivity index (χ4n) is 2.57. The van der Waals surface area contributed by atoms with E-state index in [1.54, 1.807) is 30.5 Å². The van der Waals surface area contributed by atoms with Gasteiger partial charge in [0.15, 0.2) is 0 Å². The van der Waals surface area contributed by atoms with Crippen molar-refractivity contribution in [2.45, 2.75) is 13.5 Å². The van der Waals surface area contributed by atoms with E-state index in [1.165, 1.54) is 5.56 Å². The summed E-state index contributed by atoms with van der Waals surface area (Å²) >= 11 is 0. The van der Waals surface area contributed by atoms with Crippen LogP contribution in [0.25, 0.3) is 0 Å². The first-order chi connectivity index (χ1) is 13.1. The molecule has 136 valence electrons. The molecule has 5 heteroatoms. The molecule has 3 aromatic carbocycles. The number of nitrogens with two attached hydrogens (primary N) is 1. The molecular weight excluding hydrogens is 338 g/mol. The molecule has 0 bridgehead atoms. The summed E-state index contributed by atoms with van der Waals surface area (Å²) in [4.78, 5) is 12.2. The van der Waals surface area contributed by atoms with Crippen LogP contribution < -0.4 is 15.9 Å². The Morgan fingerprint density at radius 3 is 2.56 bits per heavy atom. The molecule has 0 saturated heterocycles. The van der Waals surface area contributed by atoms with Crippen LogP contribution in [0.2, 0.25) is 0 Å². The summed E-state index contributed by atoms with van der Waals surface area (Å²) in [6.07, 6.45) is 1.56. The Morgan fingerprint density at radius 2 is 1.74 bits per heavy atom. The number of carbonyl (C=O) groups is 1. The molecule has 0 aliphatic carbocycles. The Kier molecular flexibility index (Phi) is 5.84. The van der Waals surface area contributed by atoms with Crippen LogP contribution in [0.15, 0.2) is 77.9 Å². The molecule has 0 radical (unpaired) electrons. The largest absolute Gasteiger partial charge is 0.488 e. The van der Waals surface area contributed by atoms with Crippen molar-refractivity contribution in [2.75, 3.05) is 5.73 Å². The number of hydrogen-bond acceptors (Lipinski definition) is 4. The van der Waals surface area contributed by atoms with E-state index in [0.717, 1.165) is 11.1 Å². The maximum Gasteiger partial charge on any atom is 0.273 e. The van der Waals surface area contributed by atoms with Crippen molar-refractivity contribution in [3.8, 4) is 5.75 Å². The summed E-state index contributed by atoms with van der Waals surface area (Å²) in [6.45, 7) is 2.52. The van der Waals surface area contributed by atoms with Crippen LogP contribution in [0, 0.1) is 6.92 Å².